The number of nitrogens with one attached hydrogen (secondary N) is 1. The summed E-state index contributed by atoms with van der Waals surface area (Å²) in [5, 5.41) is 75.4. The van der Waals surface area contributed by atoms with Crippen molar-refractivity contribution in [3.63, 3.8) is 0 Å². The van der Waals surface area contributed by atoms with Crippen molar-refractivity contribution in [2.75, 3.05) is 39.5 Å². The lowest BCUT2D eigenvalue weighted by molar-refractivity contribution is -0.413. The van der Waals surface area contributed by atoms with Gasteiger partial charge in [0.2, 0.25) is 12.1 Å². The maximum absolute atomic E-state index is 14.1. The molecule has 330 valence electrons. The summed E-state index contributed by atoms with van der Waals surface area (Å²) in [6.07, 6.45) is 7.50. The second kappa shape index (κ2) is 21.6. The van der Waals surface area contributed by atoms with Gasteiger partial charge in [0, 0.05) is 37.4 Å². The van der Waals surface area contributed by atoms with Gasteiger partial charge in [-0.3, -0.25) is 4.99 Å². The van der Waals surface area contributed by atoms with Crippen molar-refractivity contribution in [3.05, 3.63) is 58.7 Å². The number of β-amino-alcohol motifs (C(OH)–C–C–N with tert-alkyl or cyclic N) is 1. The fraction of sp³-hybridized carbons (Fsp3) is 0.683. The van der Waals surface area contributed by atoms with Crippen LogP contribution in [0, 0.1) is 11.8 Å². The number of hydrogen-bond acceptors (Lipinski definition) is 15. The molecule has 0 radical (unpaired) electrons. The topological polar surface area (TPSA) is 276 Å². The van der Waals surface area contributed by atoms with Crippen molar-refractivity contribution >= 4 is 17.9 Å². The van der Waals surface area contributed by atoms with Gasteiger partial charge >= 0.3 is 11.9 Å². The van der Waals surface area contributed by atoms with E-state index in [0.29, 0.717) is 24.8 Å². The summed E-state index contributed by atoms with van der Waals surface area (Å²) in [5.74, 6) is -6.49. The Morgan fingerprint density at radius 3 is 2.46 bits per heavy atom. The molecule has 0 aromatic heterocycles. The van der Waals surface area contributed by atoms with Gasteiger partial charge in [-0.25, -0.2) is 9.59 Å². The molecule has 3 fully saturated rings. The van der Waals surface area contributed by atoms with Gasteiger partial charge in [0.05, 0.1) is 54.9 Å². The van der Waals surface area contributed by atoms with E-state index in [9.17, 15) is 45.3 Å². The summed E-state index contributed by atoms with van der Waals surface area (Å²) >= 11 is 0. The third-order valence-corrected chi connectivity index (χ3v) is 11.0. The Hall–Kier alpha value is -3.85. The Labute approximate surface area is 344 Å². The molecule has 0 unspecified atom stereocenters. The van der Waals surface area contributed by atoms with Gasteiger partial charge in [-0.05, 0) is 71.6 Å². The Morgan fingerprint density at radius 2 is 1.81 bits per heavy atom. The minimum absolute atomic E-state index is 0.0610. The molecule has 0 amide bonds. The van der Waals surface area contributed by atoms with Crippen LogP contribution in [-0.4, -0.2) is 147 Å². The highest BCUT2D eigenvalue weighted by molar-refractivity contribution is 5.92. The van der Waals surface area contributed by atoms with Crippen molar-refractivity contribution in [2.24, 2.45) is 22.6 Å². The van der Waals surface area contributed by atoms with Crippen LogP contribution in [0.1, 0.15) is 78.1 Å². The molecule has 7 atom stereocenters. The predicted molar refractivity (Wildman–Crippen MR) is 211 cm³/mol. The van der Waals surface area contributed by atoms with E-state index >= 15 is 0 Å². The number of carboxylic acid groups (broad SMARTS) is 1. The van der Waals surface area contributed by atoms with Gasteiger partial charge in [0.15, 0.2) is 18.4 Å². The van der Waals surface area contributed by atoms with Crippen LogP contribution in [0.2, 0.25) is 0 Å². The minimum Gasteiger partial charge on any atom is -0.478 e. The molecule has 0 aromatic rings. The number of guanidine groups is 1. The zero-order chi connectivity index (χ0) is 42.7. The summed E-state index contributed by atoms with van der Waals surface area (Å²) in [5.41, 5.74) is 7.83. The number of aliphatic carboxylic acids is 1. The molecule has 5 rings (SSSR count). The van der Waals surface area contributed by atoms with Crippen LogP contribution in [-0.2, 0) is 33.3 Å². The van der Waals surface area contributed by atoms with E-state index in [0.717, 1.165) is 50.5 Å². The average Bonchev–Trinajstić information content (AvgIpc) is 3.71. The fourth-order valence-electron chi connectivity index (χ4n) is 8.00. The number of carbonyl (C=O) groups is 2. The van der Waals surface area contributed by atoms with E-state index in [4.69, 9.17) is 29.4 Å². The zero-order valence-electron chi connectivity index (χ0n) is 33.9. The van der Waals surface area contributed by atoms with Gasteiger partial charge in [-0.2, -0.15) is 0 Å². The highest BCUT2D eigenvalue weighted by atomic mass is 16.8. The van der Waals surface area contributed by atoms with E-state index in [-0.39, 0.29) is 61.8 Å². The first-order valence-corrected chi connectivity index (χ1v) is 20.6. The largest absolute Gasteiger partial charge is 0.478 e. The second-order valence-electron chi connectivity index (χ2n) is 15.8. The summed E-state index contributed by atoms with van der Waals surface area (Å²) in [6.45, 7) is 2.39. The Morgan fingerprint density at radius 1 is 1.08 bits per heavy atom. The number of esters is 1. The first-order valence-electron chi connectivity index (χ1n) is 20.6. The van der Waals surface area contributed by atoms with Gasteiger partial charge in [-0.15, -0.1) is 0 Å². The van der Waals surface area contributed by atoms with Crippen molar-refractivity contribution in [1.29, 1.82) is 0 Å². The van der Waals surface area contributed by atoms with Gasteiger partial charge < -0.3 is 75.4 Å². The molecule has 2 saturated carbocycles. The normalized spacial score (nSPS) is 29.4. The molecular formula is C41H62N4O14. The van der Waals surface area contributed by atoms with E-state index in [1.54, 1.807) is 37.1 Å². The average molecular weight is 835 g/mol. The first kappa shape index (κ1) is 46.2. The predicted octanol–water partition coefficient (Wildman–Crippen LogP) is 0.778. The number of hydrogen-bond donors (Lipinski definition) is 9. The van der Waals surface area contributed by atoms with Crippen molar-refractivity contribution in [3.8, 4) is 0 Å². The number of aliphatic hydroxyl groups excluding tert-OH is 4. The van der Waals surface area contributed by atoms with E-state index in [1.807, 2.05) is 6.08 Å². The zero-order valence-corrected chi connectivity index (χ0v) is 33.9. The first-order chi connectivity index (χ1) is 28.3. The maximum Gasteiger partial charge on any atom is 0.338 e. The number of nitrogens with zero attached hydrogens (tertiary/aromatic N) is 2. The van der Waals surface area contributed by atoms with Crippen LogP contribution in [0.15, 0.2) is 63.7 Å². The number of rotatable bonds is 17. The van der Waals surface area contributed by atoms with E-state index in [1.165, 1.54) is 6.26 Å². The highest BCUT2D eigenvalue weighted by Crippen LogP contribution is 2.41. The Kier molecular flexibility index (Phi) is 16.9. The highest BCUT2D eigenvalue weighted by Gasteiger charge is 2.57. The molecule has 0 aromatic carbocycles. The van der Waals surface area contributed by atoms with Crippen LogP contribution in [0.5, 0.6) is 0 Å². The molecule has 0 spiro atoms. The van der Waals surface area contributed by atoms with Crippen LogP contribution in [0.4, 0.5) is 0 Å². The number of carbonyl (C=O) groups excluding carboxylic acids is 1. The van der Waals surface area contributed by atoms with E-state index < -0.39 is 73.2 Å². The molecule has 10 N–H and O–H groups in total. The van der Waals surface area contributed by atoms with E-state index in [2.05, 4.69) is 10.3 Å². The molecule has 1 saturated heterocycles. The molecule has 18 nitrogen and oxygen atoms in total. The monoisotopic (exact) mass is 834 g/mol. The summed E-state index contributed by atoms with van der Waals surface area (Å²) in [4.78, 5) is 32.6. The number of carboxylic acids is 1. The molecule has 0 bridgehead atoms. The van der Waals surface area contributed by atoms with Crippen LogP contribution in [0.3, 0.4) is 0 Å². The molecule has 3 heterocycles. The second-order valence-corrected chi connectivity index (χ2v) is 15.8. The van der Waals surface area contributed by atoms with Gasteiger partial charge in [0.25, 0.3) is 0 Å². The van der Waals surface area contributed by atoms with Crippen LogP contribution >= 0.6 is 0 Å². The van der Waals surface area contributed by atoms with Crippen molar-refractivity contribution in [1.82, 2.24) is 10.2 Å². The SMILES string of the molecule is CC(C)O[C@H]1[C@H](O[C@@H]2OC=C(C(=O)OC3CCCC3)[C@@H](/C=C/C3=CN(CCO)CC(C(=O)O)=C3NC(N)=NCCCO)[C@H]2C=C2CCCCC2)O[C@H](CO)[C@@H](O)C1(O)O. The third-order valence-electron chi connectivity index (χ3n) is 11.0. The Balaban J connectivity index is 1.61. The van der Waals surface area contributed by atoms with Gasteiger partial charge in [-0.1, -0.05) is 30.2 Å². The van der Waals surface area contributed by atoms with Crippen LogP contribution < -0.4 is 11.1 Å². The lowest BCUT2D eigenvalue weighted by atomic mass is 9.80. The smallest absolute Gasteiger partial charge is 0.338 e. The molecular weight excluding hydrogens is 772 g/mol. The van der Waals surface area contributed by atoms with Crippen molar-refractivity contribution < 1.29 is 69.0 Å². The minimum atomic E-state index is -2.91. The van der Waals surface area contributed by atoms with Gasteiger partial charge in [0.1, 0.15) is 18.3 Å². The number of aliphatic hydroxyl groups is 6. The number of ether oxygens (including phenoxy) is 5. The summed E-state index contributed by atoms with van der Waals surface area (Å²) < 4.78 is 30.4. The molecule has 3 aliphatic heterocycles. The standard InChI is InChI=1S/C41H62N4O14/c1-24(2)56-35-39(58-32(22-48)34(49)41(35,53)54)59-38-29(19-25-9-4-3-5-10-25)28(31(23-55-38)37(52)57-27-11-6-7-12-27)14-13-26-20-45(16-18-47)21-30(36(50)51)33(26)44-40(42)43-15-8-17-46/h13-14,19-20,23-24,27-29,32,34-35,38-39,46-49,53-54H,3-12,15-18,21-22H2,1-2H3,(H,50,51)(H3,42,43,44)/b14-13+/t28-,29+,32+,34+,35-,38-,39-/m0/s1. The third kappa shape index (κ3) is 11.9. The fourth-order valence-corrected chi connectivity index (χ4v) is 8.00. The Bertz CT molecular complexity index is 1630. The number of aliphatic imine (C=N–C) groups is 1. The van der Waals surface area contributed by atoms with Crippen LogP contribution in [0.25, 0.3) is 0 Å². The molecule has 59 heavy (non-hydrogen) atoms. The quantitative estimate of drug-likeness (QED) is 0.0245. The van der Waals surface area contributed by atoms with Crippen molar-refractivity contribution in [2.45, 2.75) is 127 Å². The molecule has 5 aliphatic rings. The lowest BCUT2D eigenvalue weighted by Crippen LogP contribution is -2.69. The number of allylic oxidation sites excluding steroid dienone is 3. The lowest BCUT2D eigenvalue weighted by Gasteiger charge is -2.48. The maximum atomic E-state index is 14.1. The number of nitrogens with two attached hydrogens (primary N) is 1. The molecule has 2 aliphatic carbocycles. The molecule has 18 heteroatoms. The summed E-state index contributed by atoms with van der Waals surface area (Å²) in [6, 6.07) is 0. The summed E-state index contributed by atoms with van der Waals surface area (Å²) in [7, 11) is 0.